The number of fused-ring (bicyclic) bond motifs is 1. The van der Waals surface area contributed by atoms with Crippen LogP contribution in [0.1, 0.15) is 69.2 Å². The van der Waals surface area contributed by atoms with E-state index in [2.05, 4.69) is 42.3 Å². The number of carbonyl (C=O) groups excluding carboxylic acids is 1. The fraction of sp³-hybridized carbons (Fsp3) is 0.500. The number of nitrogens with zero attached hydrogens (tertiary/aromatic N) is 8. The molecule has 12 nitrogen and oxygen atoms in total. The van der Waals surface area contributed by atoms with Gasteiger partial charge in [-0.2, -0.15) is 5.10 Å². The molecule has 214 valence electrons. The normalized spacial score (nSPS) is 24.7. The van der Waals surface area contributed by atoms with Crippen molar-refractivity contribution in [2.24, 2.45) is 18.9 Å². The zero-order valence-electron chi connectivity index (χ0n) is 23.1. The molecular weight excluding hydrogens is 544 g/mol. The molecule has 1 amide bonds. The van der Waals surface area contributed by atoms with Gasteiger partial charge in [-0.05, 0) is 49.7 Å². The second kappa shape index (κ2) is 10.6. The van der Waals surface area contributed by atoms with E-state index in [-0.39, 0.29) is 6.04 Å². The molecule has 1 saturated carbocycles. The summed E-state index contributed by atoms with van der Waals surface area (Å²) in [7, 11) is 1.90. The van der Waals surface area contributed by atoms with Crippen LogP contribution in [-0.4, -0.2) is 46.9 Å². The van der Waals surface area contributed by atoms with Crippen molar-refractivity contribution in [2.45, 2.75) is 64.2 Å². The standard InChI is InChI=1S/C28H33ClN10O2/c1-16-5-7-17(8-6-16)14-39-24-20(33-27(39)38-9-3-4-22(38)26-31-15-37(2)35-26)11-21(25-34-28(40)41-36-25)32-23(24)18-10-19(29)13-30-12-18/h10-13,15-17,22,25,36H,3-9,14H2,1-2H3,(H,34,40). The minimum Gasteiger partial charge on any atom is -0.351 e. The highest BCUT2D eigenvalue weighted by molar-refractivity contribution is 6.30. The number of aromatic nitrogens is 7. The van der Waals surface area contributed by atoms with Crippen molar-refractivity contribution in [3.05, 3.63) is 47.4 Å². The van der Waals surface area contributed by atoms with Crippen molar-refractivity contribution in [3.8, 4) is 11.3 Å². The summed E-state index contributed by atoms with van der Waals surface area (Å²) >= 11 is 6.41. The molecule has 6 heterocycles. The lowest BCUT2D eigenvalue weighted by molar-refractivity contribution is 0.121. The summed E-state index contributed by atoms with van der Waals surface area (Å²) < 4.78 is 4.10. The summed E-state index contributed by atoms with van der Waals surface area (Å²) in [5.74, 6) is 2.99. The zero-order chi connectivity index (χ0) is 28.1. The zero-order valence-corrected chi connectivity index (χ0v) is 23.9. The molecule has 2 atom stereocenters. The van der Waals surface area contributed by atoms with Gasteiger partial charge in [0, 0.05) is 38.1 Å². The van der Waals surface area contributed by atoms with Crippen LogP contribution in [-0.2, 0) is 18.4 Å². The molecule has 41 heavy (non-hydrogen) atoms. The number of imidazole rings is 1. The molecule has 0 radical (unpaired) electrons. The van der Waals surface area contributed by atoms with Crippen LogP contribution in [0.2, 0.25) is 5.02 Å². The number of rotatable bonds is 6. The van der Waals surface area contributed by atoms with Crippen LogP contribution in [0.25, 0.3) is 22.3 Å². The van der Waals surface area contributed by atoms with Gasteiger partial charge in [0.05, 0.1) is 33.5 Å². The van der Waals surface area contributed by atoms with Gasteiger partial charge in [-0.3, -0.25) is 15.0 Å². The van der Waals surface area contributed by atoms with E-state index in [1.54, 1.807) is 23.4 Å². The first-order valence-electron chi connectivity index (χ1n) is 14.3. The van der Waals surface area contributed by atoms with E-state index in [0.717, 1.165) is 60.2 Å². The number of carbonyl (C=O) groups is 1. The molecule has 3 fully saturated rings. The predicted octanol–water partition coefficient (Wildman–Crippen LogP) is 4.69. The highest BCUT2D eigenvalue weighted by atomic mass is 35.5. The largest absolute Gasteiger partial charge is 0.427 e. The molecule has 4 aromatic heterocycles. The average Bonchev–Trinajstić information content (AvgIpc) is 3.76. The van der Waals surface area contributed by atoms with E-state index in [4.69, 9.17) is 26.4 Å². The lowest BCUT2D eigenvalue weighted by atomic mass is 9.83. The molecule has 3 aliphatic rings. The fourth-order valence-electron chi connectivity index (χ4n) is 6.42. The van der Waals surface area contributed by atoms with Crippen molar-refractivity contribution in [3.63, 3.8) is 0 Å². The van der Waals surface area contributed by atoms with E-state index in [1.165, 1.54) is 25.7 Å². The molecule has 0 bridgehead atoms. The SMILES string of the molecule is CC1CCC(Cn2c(N3CCCC3c3ncn(C)n3)nc3cc(C4NOC(=O)N4)nc(-c4cncc(Cl)c4)c32)CC1. The van der Waals surface area contributed by atoms with Gasteiger partial charge in [-0.25, -0.2) is 19.7 Å². The van der Waals surface area contributed by atoms with Crippen LogP contribution in [0.4, 0.5) is 10.7 Å². The van der Waals surface area contributed by atoms with Crippen molar-refractivity contribution in [1.82, 2.24) is 45.1 Å². The summed E-state index contributed by atoms with van der Waals surface area (Å²) in [5, 5.41) is 7.94. The minimum atomic E-state index is -0.608. The molecule has 2 unspecified atom stereocenters. The van der Waals surface area contributed by atoms with Crippen LogP contribution in [0.15, 0.2) is 30.9 Å². The number of pyridine rings is 2. The summed E-state index contributed by atoms with van der Waals surface area (Å²) in [4.78, 5) is 38.4. The van der Waals surface area contributed by atoms with Crippen LogP contribution >= 0.6 is 11.6 Å². The van der Waals surface area contributed by atoms with Gasteiger partial charge >= 0.3 is 6.09 Å². The predicted molar refractivity (Wildman–Crippen MR) is 153 cm³/mol. The van der Waals surface area contributed by atoms with Crippen molar-refractivity contribution in [1.29, 1.82) is 0 Å². The first-order valence-corrected chi connectivity index (χ1v) is 14.7. The number of halogens is 1. The lowest BCUT2D eigenvalue weighted by Crippen LogP contribution is -2.28. The Bertz CT molecular complexity index is 1590. The number of hydrogen-bond acceptors (Lipinski definition) is 9. The molecular formula is C28H33ClN10O2. The molecule has 13 heteroatoms. The van der Waals surface area contributed by atoms with E-state index >= 15 is 0 Å². The first kappa shape index (κ1) is 26.1. The van der Waals surface area contributed by atoms with Crippen LogP contribution in [0.5, 0.6) is 0 Å². The number of aryl methyl sites for hydroxylation is 1. The van der Waals surface area contributed by atoms with Crippen LogP contribution in [0, 0.1) is 11.8 Å². The van der Waals surface area contributed by atoms with E-state index in [9.17, 15) is 4.79 Å². The fourth-order valence-corrected chi connectivity index (χ4v) is 6.60. The van der Waals surface area contributed by atoms with Crippen LogP contribution in [0.3, 0.4) is 0 Å². The topological polar surface area (TPSA) is 128 Å². The number of amides is 1. The Balaban J connectivity index is 1.41. The Morgan fingerprint density at radius 3 is 2.71 bits per heavy atom. The summed E-state index contributed by atoms with van der Waals surface area (Å²) in [6.45, 7) is 4.04. The third kappa shape index (κ3) is 4.99. The van der Waals surface area contributed by atoms with Gasteiger partial charge in [-0.1, -0.05) is 31.4 Å². The number of anilines is 1. The summed E-state index contributed by atoms with van der Waals surface area (Å²) in [6.07, 6.45) is 10.8. The van der Waals surface area contributed by atoms with Gasteiger partial charge in [0.2, 0.25) is 5.95 Å². The smallest absolute Gasteiger partial charge is 0.351 e. The Morgan fingerprint density at radius 1 is 1.12 bits per heavy atom. The molecule has 7 rings (SSSR count). The van der Waals surface area contributed by atoms with Crippen molar-refractivity contribution >= 4 is 34.7 Å². The van der Waals surface area contributed by atoms with Gasteiger partial charge in [0.25, 0.3) is 0 Å². The third-order valence-electron chi connectivity index (χ3n) is 8.53. The van der Waals surface area contributed by atoms with Gasteiger partial charge < -0.3 is 14.3 Å². The maximum Gasteiger partial charge on any atom is 0.427 e. The molecule has 0 spiro atoms. The molecule has 2 saturated heterocycles. The Morgan fingerprint density at radius 2 is 1.98 bits per heavy atom. The van der Waals surface area contributed by atoms with Crippen molar-refractivity contribution < 1.29 is 9.63 Å². The average molecular weight is 577 g/mol. The monoisotopic (exact) mass is 576 g/mol. The van der Waals surface area contributed by atoms with Gasteiger partial charge in [0.15, 0.2) is 12.0 Å². The first-order chi connectivity index (χ1) is 19.9. The second-order valence-electron chi connectivity index (χ2n) is 11.5. The highest BCUT2D eigenvalue weighted by Crippen LogP contribution is 2.40. The Hall–Kier alpha value is -3.77. The number of hydrogen-bond donors (Lipinski definition) is 2. The number of nitrogens with one attached hydrogen (secondary N) is 2. The Kier molecular flexibility index (Phi) is 6.74. The number of hydroxylamine groups is 1. The summed E-state index contributed by atoms with van der Waals surface area (Å²) in [5.41, 5.74) is 6.52. The lowest BCUT2D eigenvalue weighted by Gasteiger charge is -2.30. The van der Waals surface area contributed by atoms with E-state index < -0.39 is 12.3 Å². The van der Waals surface area contributed by atoms with E-state index in [0.29, 0.717) is 22.3 Å². The van der Waals surface area contributed by atoms with E-state index in [1.807, 2.05) is 19.2 Å². The molecule has 4 aromatic rings. The van der Waals surface area contributed by atoms with Gasteiger partial charge in [0.1, 0.15) is 6.33 Å². The third-order valence-corrected chi connectivity index (χ3v) is 8.74. The maximum atomic E-state index is 11.8. The van der Waals surface area contributed by atoms with Crippen molar-refractivity contribution in [2.75, 3.05) is 11.4 Å². The van der Waals surface area contributed by atoms with Crippen LogP contribution < -0.4 is 15.7 Å². The molecule has 0 aromatic carbocycles. The summed E-state index contributed by atoms with van der Waals surface area (Å²) in [6, 6.07) is 3.83. The maximum absolute atomic E-state index is 11.8. The second-order valence-corrected chi connectivity index (χ2v) is 12.0. The molecule has 2 aliphatic heterocycles. The molecule has 2 N–H and O–H groups in total. The Labute approximate surface area is 242 Å². The highest BCUT2D eigenvalue weighted by Gasteiger charge is 2.35. The molecule has 1 aliphatic carbocycles. The minimum absolute atomic E-state index is 0.0334. The van der Waals surface area contributed by atoms with Gasteiger partial charge in [-0.15, -0.1) is 5.48 Å². The quantitative estimate of drug-likeness (QED) is 0.336.